The van der Waals surface area contributed by atoms with Crippen molar-refractivity contribution in [2.24, 2.45) is 12.8 Å². The molecule has 1 aromatic carbocycles. The molecule has 0 bridgehead atoms. The Morgan fingerprint density at radius 3 is 2.70 bits per heavy atom. The maximum absolute atomic E-state index is 9.71. The number of benzene rings is 1. The Labute approximate surface area is 193 Å². The van der Waals surface area contributed by atoms with Crippen LogP contribution in [0.1, 0.15) is 31.1 Å². The first-order valence-electron chi connectivity index (χ1n) is 11.1. The van der Waals surface area contributed by atoms with E-state index in [9.17, 15) is 5.11 Å². The highest BCUT2D eigenvalue weighted by atomic mass is 16.5. The normalized spacial score (nSPS) is 12.5. The minimum Gasteiger partial charge on any atom is -0.491 e. The summed E-state index contributed by atoms with van der Waals surface area (Å²) < 4.78 is 9.50. The summed E-state index contributed by atoms with van der Waals surface area (Å²) in [7, 11) is 1.94. The lowest BCUT2D eigenvalue weighted by molar-refractivity contribution is 0.114. The third kappa shape index (κ3) is 4.84. The monoisotopic (exact) mass is 449 g/mol. The fraction of sp³-hybridized carbons (Fsp3) is 0.375. The van der Waals surface area contributed by atoms with E-state index in [1.54, 1.807) is 0 Å². The summed E-state index contributed by atoms with van der Waals surface area (Å²) in [6.45, 7) is 7.17. The third-order valence-corrected chi connectivity index (χ3v) is 5.71. The number of anilines is 1. The van der Waals surface area contributed by atoms with Gasteiger partial charge in [0.25, 0.3) is 0 Å². The molecule has 33 heavy (non-hydrogen) atoms. The first-order chi connectivity index (χ1) is 15.9. The molecule has 0 amide bonds. The predicted molar refractivity (Wildman–Crippen MR) is 129 cm³/mol. The van der Waals surface area contributed by atoms with Gasteiger partial charge < -0.3 is 20.9 Å². The van der Waals surface area contributed by atoms with E-state index in [0.29, 0.717) is 12.3 Å². The number of nitrogens with one attached hydrogen (secondary N) is 1. The van der Waals surface area contributed by atoms with Gasteiger partial charge in [0, 0.05) is 48.7 Å². The van der Waals surface area contributed by atoms with Crippen molar-refractivity contribution in [3.05, 3.63) is 54.0 Å². The second-order valence-corrected chi connectivity index (χ2v) is 8.44. The zero-order valence-electron chi connectivity index (χ0n) is 19.5. The molecule has 0 saturated carbocycles. The van der Waals surface area contributed by atoms with Crippen LogP contribution < -0.4 is 15.8 Å². The van der Waals surface area contributed by atoms with E-state index in [4.69, 9.17) is 15.5 Å². The average molecular weight is 450 g/mol. The van der Waals surface area contributed by atoms with Gasteiger partial charge in [-0.15, -0.1) is 0 Å². The number of nitrogens with two attached hydrogens (primary N) is 1. The summed E-state index contributed by atoms with van der Waals surface area (Å²) in [6, 6.07) is 9.89. The van der Waals surface area contributed by atoms with Crippen molar-refractivity contribution in [2.45, 2.75) is 39.5 Å². The second kappa shape index (κ2) is 9.60. The minimum absolute atomic E-state index is 0.143. The van der Waals surface area contributed by atoms with E-state index in [1.807, 2.05) is 59.1 Å². The highest BCUT2D eigenvalue weighted by molar-refractivity contribution is 5.91. The molecule has 0 aliphatic carbocycles. The highest BCUT2D eigenvalue weighted by Gasteiger charge is 2.15. The van der Waals surface area contributed by atoms with Gasteiger partial charge in [-0.1, -0.05) is 12.1 Å². The summed E-state index contributed by atoms with van der Waals surface area (Å²) in [5.74, 6) is 0.653. The van der Waals surface area contributed by atoms with E-state index in [2.05, 4.69) is 36.3 Å². The lowest BCUT2D eigenvalue weighted by Gasteiger charge is -2.14. The maximum Gasteiger partial charge on any atom is 0.160 e. The number of aliphatic hydroxyl groups is 1. The van der Waals surface area contributed by atoms with Gasteiger partial charge in [-0.2, -0.15) is 10.2 Å². The number of hydrogen-bond acceptors (Lipinski definition) is 7. The number of rotatable bonds is 9. The van der Waals surface area contributed by atoms with Crippen LogP contribution in [-0.2, 0) is 13.6 Å². The Kier molecular flexibility index (Phi) is 6.62. The van der Waals surface area contributed by atoms with E-state index >= 15 is 0 Å². The number of nitrogens with zero attached hydrogens (tertiary/aromatic N) is 5. The Morgan fingerprint density at radius 1 is 1.18 bits per heavy atom. The Bertz CT molecular complexity index is 1250. The smallest absolute Gasteiger partial charge is 0.160 e. The number of hydrogen-bond donors (Lipinski definition) is 3. The van der Waals surface area contributed by atoms with Gasteiger partial charge in [0.1, 0.15) is 18.5 Å². The van der Waals surface area contributed by atoms with Gasteiger partial charge in [0.15, 0.2) is 5.65 Å². The summed E-state index contributed by atoms with van der Waals surface area (Å²) in [4.78, 5) is 4.94. The molecule has 9 heteroatoms. The topological polar surface area (TPSA) is 116 Å². The van der Waals surface area contributed by atoms with Crippen LogP contribution in [0.4, 0.5) is 5.69 Å². The molecule has 0 radical (unpaired) electrons. The molecule has 174 valence electrons. The van der Waals surface area contributed by atoms with Crippen LogP contribution in [0.15, 0.2) is 42.7 Å². The van der Waals surface area contributed by atoms with E-state index in [1.165, 1.54) is 0 Å². The number of ether oxygens (including phenoxy) is 1. The van der Waals surface area contributed by atoms with Crippen molar-refractivity contribution in [3.8, 4) is 17.0 Å². The largest absolute Gasteiger partial charge is 0.491 e. The van der Waals surface area contributed by atoms with E-state index in [0.717, 1.165) is 39.2 Å². The van der Waals surface area contributed by atoms with Crippen molar-refractivity contribution in [1.29, 1.82) is 0 Å². The first-order valence-corrected chi connectivity index (χ1v) is 11.1. The van der Waals surface area contributed by atoms with Crippen molar-refractivity contribution in [3.63, 3.8) is 0 Å². The molecule has 0 aliphatic heterocycles. The molecule has 3 heterocycles. The van der Waals surface area contributed by atoms with Crippen molar-refractivity contribution in [1.82, 2.24) is 24.5 Å². The molecule has 1 unspecified atom stereocenters. The number of aromatic nitrogens is 5. The molecule has 0 aliphatic rings. The summed E-state index contributed by atoms with van der Waals surface area (Å²) in [5, 5.41) is 23.1. The number of fused-ring (bicyclic) bond motifs is 1. The van der Waals surface area contributed by atoms with E-state index in [-0.39, 0.29) is 19.2 Å². The molecule has 9 nitrogen and oxygen atoms in total. The zero-order chi connectivity index (χ0) is 23.5. The van der Waals surface area contributed by atoms with Crippen molar-refractivity contribution < 1.29 is 9.84 Å². The summed E-state index contributed by atoms with van der Waals surface area (Å²) in [6.07, 6.45) is 3.05. The quantitative estimate of drug-likeness (QED) is 0.360. The van der Waals surface area contributed by atoms with Crippen molar-refractivity contribution in [2.75, 3.05) is 18.5 Å². The number of aryl methyl sites for hydroxylation is 1. The van der Waals surface area contributed by atoms with Crippen LogP contribution in [0.5, 0.6) is 5.75 Å². The van der Waals surface area contributed by atoms with E-state index < -0.39 is 6.10 Å². The molecule has 1 atom stereocenters. The molecular weight excluding hydrogens is 418 g/mol. The van der Waals surface area contributed by atoms with Crippen LogP contribution in [0.25, 0.3) is 22.3 Å². The number of aliphatic hydroxyl groups excluding tert-OH is 1. The Hall–Kier alpha value is -3.43. The minimum atomic E-state index is -0.699. The molecule has 4 rings (SSSR count). The van der Waals surface area contributed by atoms with Crippen LogP contribution in [0.2, 0.25) is 0 Å². The van der Waals surface area contributed by atoms with Crippen LogP contribution in [-0.4, -0.2) is 48.9 Å². The third-order valence-electron chi connectivity index (χ3n) is 5.71. The lowest BCUT2D eigenvalue weighted by Crippen LogP contribution is -2.26. The molecule has 3 aromatic heterocycles. The summed E-state index contributed by atoms with van der Waals surface area (Å²) in [5.41, 5.74) is 11.2. The van der Waals surface area contributed by atoms with Gasteiger partial charge in [0.2, 0.25) is 0 Å². The fourth-order valence-electron chi connectivity index (χ4n) is 3.60. The molecule has 0 fully saturated rings. The fourth-order valence-corrected chi connectivity index (χ4v) is 3.60. The van der Waals surface area contributed by atoms with Gasteiger partial charge in [-0.05, 0) is 39.0 Å². The summed E-state index contributed by atoms with van der Waals surface area (Å²) >= 11 is 0. The molecular formula is C24H31N7O2. The van der Waals surface area contributed by atoms with Crippen LogP contribution in [0.3, 0.4) is 0 Å². The molecule has 4 aromatic rings. The lowest BCUT2D eigenvalue weighted by atomic mass is 10.1. The Morgan fingerprint density at radius 2 is 2.00 bits per heavy atom. The molecule has 0 saturated heterocycles. The molecule has 4 N–H and O–H groups in total. The predicted octanol–water partition coefficient (Wildman–Crippen LogP) is 3.03. The van der Waals surface area contributed by atoms with Crippen LogP contribution >= 0.6 is 0 Å². The van der Waals surface area contributed by atoms with Gasteiger partial charge in [-0.25, -0.2) is 9.67 Å². The van der Waals surface area contributed by atoms with Gasteiger partial charge in [0.05, 0.1) is 23.5 Å². The first kappa shape index (κ1) is 22.8. The van der Waals surface area contributed by atoms with Crippen molar-refractivity contribution >= 4 is 16.7 Å². The van der Waals surface area contributed by atoms with Gasteiger partial charge in [-0.3, -0.25) is 4.68 Å². The van der Waals surface area contributed by atoms with Crippen LogP contribution in [0, 0.1) is 6.92 Å². The molecule has 0 spiro atoms. The second-order valence-electron chi connectivity index (χ2n) is 8.44. The number of pyridine rings is 1. The van der Waals surface area contributed by atoms with Gasteiger partial charge >= 0.3 is 0 Å². The Balaban J connectivity index is 1.71. The standard InChI is InChI=1S/C24H31N7O2/c1-15(2)31-24-21(13-28-31)23(26-11-18-12-27-30(4)16(18)3)9-22(29-24)17-6-5-7-20(8-17)33-14-19(32)10-25/h5-9,12-13,15,19,32H,10-11,14,25H2,1-4H3,(H,26,29). The average Bonchev–Trinajstić information content (AvgIpc) is 3.39. The SMILES string of the molecule is Cc1c(CNc2cc(-c3cccc(OCC(O)CN)c3)nc3c2cnn3C(C)C)cnn1C. The highest BCUT2D eigenvalue weighted by Crippen LogP contribution is 2.31. The maximum atomic E-state index is 9.71. The zero-order valence-corrected chi connectivity index (χ0v) is 19.5.